The normalized spacial score (nSPS) is 16.5. The number of carbonyl (C=O) groups is 1. The Morgan fingerprint density at radius 3 is 2.71 bits per heavy atom. The van der Waals surface area contributed by atoms with Gasteiger partial charge in [0.25, 0.3) is 11.8 Å². The van der Waals surface area contributed by atoms with E-state index in [0.29, 0.717) is 60.2 Å². The Hall–Kier alpha value is -3.13. The molecule has 1 amide bonds. The molecule has 31 heavy (non-hydrogen) atoms. The Balaban J connectivity index is 1.32. The molecule has 0 N–H and O–H groups in total. The summed E-state index contributed by atoms with van der Waals surface area (Å²) < 4.78 is 11.2. The van der Waals surface area contributed by atoms with Gasteiger partial charge in [-0.05, 0) is 43.2 Å². The molecule has 0 atom stereocenters. The molecule has 0 unspecified atom stereocenters. The Morgan fingerprint density at radius 1 is 1.16 bits per heavy atom. The Morgan fingerprint density at radius 2 is 1.97 bits per heavy atom. The average molecular weight is 440 g/mol. The molecule has 2 fully saturated rings. The van der Waals surface area contributed by atoms with Crippen molar-refractivity contribution < 1.29 is 13.9 Å². The van der Waals surface area contributed by atoms with Gasteiger partial charge in [0.15, 0.2) is 0 Å². The van der Waals surface area contributed by atoms with E-state index in [9.17, 15) is 4.79 Å². The van der Waals surface area contributed by atoms with Crippen molar-refractivity contribution in [1.29, 1.82) is 0 Å². The second-order valence-electron chi connectivity index (χ2n) is 7.72. The molecule has 2 aromatic heterocycles. The predicted octanol–water partition coefficient (Wildman–Crippen LogP) is 3.63. The SMILES string of the molecule is COc1ccc(Cl)cc1C(=O)N1CCN(c2ncccc2-c2nnc(C3CC3)o2)CC1. The van der Waals surface area contributed by atoms with E-state index in [-0.39, 0.29) is 5.91 Å². The number of rotatable bonds is 5. The van der Waals surface area contributed by atoms with Crippen LogP contribution in [0.4, 0.5) is 5.82 Å². The molecule has 2 aliphatic rings. The lowest BCUT2D eigenvalue weighted by molar-refractivity contribution is 0.0743. The maximum Gasteiger partial charge on any atom is 0.257 e. The number of amides is 1. The summed E-state index contributed by atoms with van der Waals surface area (Å²) in [6.45, 7) is 2.40. The average Bonchev–Trinajstić information content (AvgIpc) is 3.55. The maximum atomic E-state index is 13.1. The molecule has 0 spiro atoms. The molecular weight excluding hydrogens is 418 g/mol. The number of hydrogen-bond acceptors (Lipinski definition) is 7. The van der Waals surface area contributed by atoms with Crippen LogP contribution in [0.15, 0.2) is 40.9 Å². The topological polar surface area (TPSA) is 84.6 Å². The van der Waals surface area contributed by atoms with E-state index < -0.39 is 0 Å². The van der Waals surface area contributed by atoms with E-state index in [2.05, 4.69) is 20.1 Å². The first-order chi connectivity index (χ1) is 15.1. The fourth-order valence-electron chi connectivity index (χ4n) is 3.79. The molecule has 3 heterocycles. The summed E-state index contributed by atoms with van der Waals surface area (Å²) in [5.74, 6) is 2.82. The largest absolute Gasteiger partial charge is 0.496 e. The van der Waals surface area contributed by atoms with Crippen molar-refractivity contribution >= 4 is 23.3 Å². The van der Waals surface area contributed by atoms with E-state index in [1.165, 1.54) is 0 Å². The van der Waals surface area contributed by atoms with E-state index in [0.717, 1.165) is 24.2 Å². The van der Waals surface area contributed by atoms with Gasteiger partial charge in [0.1, 0.15) is 11.6 Å². The van der Waals surface area contributed by atoms with Crippen LogP contribution in [0.2, 0.25) is 5.02 Å². The van der Waals surface area contributed by atoms with Gasteiger partial charge in [0.05, 0.1) is 18.2 Å². The van der Waals surface area contributed by atoms with E-state index in [1.807, 2.05) is 17.0 Å². The Labute approximate surface area is 184 Å². The molecule has 1 saturated carbocycles. The van der Waals surface area contributed by atoms with E-state index >= 15 is 0 Å². The van der Waals surface area contributed by atoms with Crippen LogP contribution in [0, 0.1) is 0 Å². The number of methoxy groups -OCH3 is 1. The number of carbonyl (C=O) groups excluding carboxylic acids is 1. The molecule has 3 aromatic rings. The minimum atomic E-state index is -0.0915. The molecular formula is C22H22ClN5O3. The van der Waals surface area contributed by atoms with Crippen molar-refractivity contribution in [1.82, 2.24) is 20.1 Å². The third kappa shape index (κ3) is 3.95. The first kappa shape index (κ1) is 19.8. The van der Waals surface area contributed by atoms with Crippen LogP contribution in [0.3, 0.4) is 0 Å². The van der Waals surface area contributed by atoms with Gasteiger partial charge in [-0.25, -0.2) is 4.98 Å². The lowest BCUT2D eigenvalue weighted by Crippen LogP contribution is -2.49. The zero-order chi connectivity index (χ0) is 21.4. The van der Waals surface area contributed by atoms with Gasteiger partial charge >= 0.3 is 0 Å². The molecule has 1 saturated heterocycles. The Kier molecular flexibility index (Phi) is 5.23. The van der Waals surface area contributed by atoms with Crippen LogP contribution in [0.1, 0.15) is 35.0 Å². The summed E-state index contributed by atoms with van der Waals surface area (Å²) in [5, 5.41) is 8.94. The first-order valence-corrected chi connectivity index (χ1v) is 10.7. The lowest BCUT2D eigenvalue weighted by atomic mass is 10.1. The monoisotopic (exact) mass is 439 g/mol. The molecule has 8 nitrogen and oxygen atoms in total. The van der Waals surface area contributed by atoms with Crippen LogP contribution < -0.4 is 9.64 Å². The minimum absolute atomic E-state index is 0.0915. The zero-order valence-corrected chi connectivity index (χ0v) is 17.9. The van der Waals surface area contributed by atoms with Crippen molar-refractivity contribution in [3.05, 3.63) is 53.0 Å². The van der Waals surface area contributed by atoms with Crippen molar-refractivity contribution in [3.8, 4) is 17.2 Å². The van der Waals surface area contributed by atoms with Gasteiger partial charge in [0, 0.05) is 43.3 Å². The number of halogens is 1. The van der Waals surface area contributed by atoms with Gasteiger partial charge in [-0.1, -0.05) is 11.6 Å². The highest BCUT2D eigenvalue weighted by molar-refractivity contribution is 6.31. The van der Waals surface area contributed by atoms with Gasteiger partial charge in [-0.15, -0.1) is 10.2 Å². The number of pyridine rings is 1. The lowest BCUT2D eigenvalue weighted by Gasteiger charge is -2.36. The Bertz CT molecular complexity index is 1110. The highest BCUT2D eigenvalue weighted by Gasteiger charge is 2.31. The highest BCUT2D eigenvalue weighted by atomic mass is 35.5. The number of ether oxygens (including phenoxy) is 1. The number of hydrogen-bond donors (Lipinski definition) is 0. The third-order valence-corrected chi connectivity index (χ3v) is 5.88. The molecule has 5 rings (SSSR count). The fourth-order valence-corrected chi connectivity index (χ4v) is 3.97. The van der Waals surface area contributed by atoms with E-state index in [1.54, 1.807) is 31.5 Å². The summed E-state index contributed by atoms with van der Waals surface area (Å²) in [5.41, 5.74) is 1.29. The molecule has 1 aliphatic heterocycles. The molecule has 160 valence electrons. The van der Waals surface area contributed by atoms with Crippen molar-refractivity contribution in [3.63, 3.8) is 0 Å². The van der Waals surface area contributed by atoms with Gasteiger partial charge in [0.2, 0.25) is 5.89 Å². The quantitative estimate of drug-likeness (QED) is 0.600. The first-order valence-electron chi connectivity index (χ1n) is 10.3. The second-order valence-corrected chi connectivity index (χ2v) is 8.15. The van der Waals surface area contributed by atoms with Crippen molar-refractivity contribution in [2.24, 2.45) is 0 Å². The van der Waals surface area contributed by atoms with Crippen molar-refractivity contribution in [2.75, 3.05) is 38.2 Å². The summed E-state index contributed by atoms with van der Waals surface area (Å²) in [6.07, 6.45) is 3.97. The standard InChI is InChI=1S/C22H22ClN5O3/c1-30-18-7-6-15(23)13-17(18)22(29)28-11-9-27(10-12-28)19-16(3-2-8-24-19)21-26-25-20(31-21)14-4-5-14/h2-3,6-8,13-14H,4-5,9-12H2,1H3. The fraction of sp³-hybridized carbons (Fsp3) is 0.364. The number of benzene rings is 1. The van der Waals surface area contributed by atoms with Gasteiger partial charge in [-0.2, -0.15) is 0 Å². The van der Waals surface area contributed by atoms with Crippen LogP contribution in [0.5, 0.6) is 5.75 Å². The summed E-state index contributed by atoms with van der Waals surface area (Å²) in [4.78, 5) is 21.6. The third-order valence-electron chi connectivity index (χ3n) is 5.64. The number of nitrogens with zero attached hydrogens (tertiary/aromatic N) is 5. The zero-order valence-electron chi connectivity index (χ0n) is 17.1. The van der Waals surface area contributed by atoms with Crippen LogP contribution in [0.25, 0.3) is 11.5 Å². The summed E-state index contributed by atoms with van der Waals surface area (Å²) >= 11 is 6.10. The van der Waals surface area contributed by atoms with Gasteiger partial charge in [-0.3, -0.25) is 4.79 Å². The van der Waals surface area contributed by atoms with Crippen LogP contribution in [-0.2, 0) is 0 Å². The van der Waals surface area contributed by atoms with Gasteiger partial charge < -0.3 is 19.0 Å². The number of aromatic nitrogens is 3. The maximum absolute atomic E-state index is 13.1. The smallest absolute Gasteiger partial charge is 0.257 e. The summed E-state index contributed by atoms with van der Waals surface area (Å²) in [6, 6.07) is 8.89. The van der Waals surface area contributed by atoms with Crippen LogP contribution >= 0.6 is 11.6 Å². The molecule has 9 heteroatoms. The molecule has 1 aliphatic carbocycles. The number of piperazine rings is 1. The highest BCUT2D eigenvalue weighted by Crippen LogP contribution is 2.40. The summed E-state index contributed by atoms with van der Waals surface area (Å²) in [7, 11) is 1.55. The molecule has 0 bridgehead atoms. The predicted molar refractivity (Wildman–Crippen MR) is 116 cm³/mol. The molecule has 0 radical (unpaired) electrons. The second kappa shape index (κ2) is 8.19. The van der Waals surface area contributed by atoms with E-state index in [4.69, 9.17) is 20.8 Å². The van der Waals surface area contributed by atoms with Crippen LogP contribution in [-0.4, -0.2) is 59.3 Å². The number of anilines is 1. The minimum Gasteiger partial charge on any atom is -0.496 e. The molecule has 1 aromatic carbocycles. The van der Waals surface area contributed by atoms with Crippen molar-refractivity contribution in [2.45, 2.75) is 18.8 Å².